The van der Waals surface area contributed by atoms with E-state index in [1.54, 1.807) is 0 Å². The van der Waals surface area contributed by atoms with Crippen LogP contribution in [0.15, 0.2) is 182 Å². The highest BCUT2D eigenvalue weighted by Crippen LogP contribution is 2.54. The predicted molar refractivity (Wildman–Crippen MR) is 228 cm³/mol. The van der Waals surface area contributed by atoms with E-state index in [1.165, 1.54) is 69.0 Å². The SMILES string of the molecule is CCC1(CC)c2ccccc2-c2cc(N(c3ccccc3)c3ccc(C4(c5ccc(N(c6ccccc6)c6ccccc6)cc5)CCCC4)cc3)ccc21. The topological polar surface area (TPSA) is 6.48 Å². The maximum atomic E-state index is 2.44. The lowest BCUT2D eigenvalue weighted by molar-refractivity contribution is 0.490. The van der Waals surface area contributed by atoms with E-state index in [2.05, 4.69) is 206 Å². The Hall–Kier alpha value is -5.86. The highest BCUT2D eigenvalue weighted by molar-refractivity contribution is 5.87. The molecule has 266 valence electrons. The van der Waals surface area contributed by atoms with E-state index in [0.29, 0.717) is 0 Å². The quantitative estimate of drug-likeness (QED) is 0.140. The van der Waals surface area contributed by atoms with E-state index in [4.69, 9.17) is 0 Å². The molecule has 0 bridgehead atoms. The average molecular weight is 701 g/mol. The minimum absolute atomic E-state index is 0.000122. The van der Waals surface area contributed by atoms with Gasteiger partial charge in [0.25, 0.3) is 0 Å². The van der Waals surface area contributed by atoms with Gasteiger partial charge < -0.3 is 9.80 Å². The Labute approximate surface area is 321 Å². The molecule has 2 aliphatic rings. The third kappa shape index (κ3) is 5.64. The predicted octanol–water partition coefficient (Wildman–Crippen LogP) is 14.6. The smallest absolute Gasteiger partial charge is 0.0468 e. The van der Waals surface area contributed by atoms with Crippen LogP contribution in [0.4, 0.5) is 34.1 Å². The van der Waals surface area contributed by atoms with Crippen LogP contribution in [0.1, 0.15) is 74.6 Å². The zero-order valence-corrected chi connectivity index (χ0v) is 31.5. The molecule has 0 aliphatic heterocycles. The van der Waals surface area contributed by atoms with E-state index >= 15 is 0 Å². The largest absolute Gasteiger partial charge is 0.311 e. The molecule has 1 fully saturated rings. The van der Waals surface area contributed by atoms with Crippen molar-refractivity contribution in [3.05, 3.63) is 204 Å². The third-order valence-corrected chi connectivity index (χ3v) is 12.6. The Balaban J connectivity index is 1.08. The molecule has 0 heterocycles. The fraction of sp³-hybridized carbons (Fsp3) is 0.192. The van der Waals surface area contributed by atoms with Crippen molar-refractivity contribution in [1.29, 1.82) is 0 Å². The zero-order chi connectivity index (χ0) is 36.5. The van der Waals surface area contributed by atoms with Crippen LogP contribution in [0.25, 0.3) is 11.1 Å². The van der Waals surface area contributed by atoms with Gasteiger partial charge in [0, 0.05) is 45.0 Å². The monoisotopic (exact) mass is 700 g/mol. The van der Waals surface area contributed by atoms with E-state index in [-0.39, 0.29) is 10.8 Å². The Kier molecular flexibility index (Phi) is 8.91. The van der Waals surface area contributed by atoms with Gasteiger partial charge in [-0.2, -0.15) is 0 Å². The normalized spacial score (nSPS) is 15.0. The Bertz CT molecular complexity index is 2300. The summed E-state index contributed by atoms with van der Waals surface area (Å²) >= 11 is 0. The molecule has 0 N–H and O–H groups in total. The molecule has 7 aromatic carbocycles. The number of anilines is 6. The minimum atomic E-state index is -0.000122. The van der Waals surface area contributed by atoms with Gasteiger partial charge in [-0.05, 0) is 132 Å². The minimum Gasteiger partial charge on any atom is -0.311 e. The summed E-state index contributed by atoms with van der Waals surface area (Å²) in [4.78, 5) is 4.78. The summed E-state index contributed by atoms with van der Waals surface area (Å²) in [6.45, 7) is 4.69. The van der Waals surface area contributed by atoms with Crippen LogP contribution in [0.3, 0.4) is 0 Å². The van der Waals surface area contributed by atoms with Gasteiger partial charge in [0.15, 0.2) is 0 Å². The molecule has 0 saturated heterocycles. The van der Waals surface area contributed by atoms with Crippen molar-refractivity contribution in [3.63, 3.8) is 0 Å². The first kappa shape index (κ1) is 33.9. The Morgan fingerprint density at radius 3 is 1.26 bits per heavy atom. The molecular formula is C52H48N2. The molecule has 0 aromatic heterocycles. The van der Waals surface area contributed by atoms with Crippen LogP contribution in [0, 0.1) is 0 Å². The summed E-state index contributed by atoms with van der Waals surface area (Å²) in [5.74, 6) is 0. The van der Waals surface area contributed by atoms with Crippen LogP contribution in [0.5, 0.6) is 0 Å². The molecule has 2 aliphatic carbocycles. The summed E-state index contributed by atoms with van der Waals surface area (Å²) in [5, 5.41) is 0. The lowest BCUT2D eigenvalue weighted by atomic mass is 9.73. The average Bonchev–Trinajstić information content (AvgIpc) is 3.85. The molecule has 54 heavy (non-hydrogen) atoms. The molecule has 9 rings (SSSR count). The number of benzene rings is 7. The second-order valence-electron chi connectivity index (χ2n) is 15.1. The number of hydrogen-bond donors (Lipinski definition) is 0. The van der Waals surface area contributed by atoms with Crippen molar-refractivity contribution in [1.82, 2.24) is 0 Å². The van der Waals surface area contributed by atoms with Gasteiger partial charge in [-0.1, -0.05) is 136 Å². The summed E-state index contributed by atoms with van der Waals surface area (Å²) in [7, 11) is 0. The van der Waals surface area contributed by atoms with Crippen molar-refractivity contribution in [2.75, 3.05) is 9.80 Å². The highest BCUT2D eigenvalue weighted by atomic mass is 15.1. The van der Waals surface area contributed by atoms with Gasteiger partial charge in [-0.3, -0.25) is 0 Å². The lowest BCUT2D eigenvalue weighted by Gasteiger charge is -2.33. The second-order valence-corrected chi connectivity index (χ2v) is 15.1. The first-order valence-electron chi connectivity index (χ1n) is 19.9. The molecule has 7 aromatic rings. The van der Waals surface area contributed by atoms with Gasteiger partial charge in [0.1, 0.15) is 0 Å². The van der Waals surface area contributed by atoms with E-state index in [0.717, 1.165) is 37.1 Å². The van der Waals surface area contributed by atoms with Gasteiger partial charge in [-0.25, -0.2) is 0 Å². The standard InChI is InChI=1S/C52H48N2/c1-3-51(4-2)49-25-15-14-24-47(49)48-38-46(34-35-50(48)51)54(43-22-12-7-13-23-43)45-32-28-40(29-33-45)52(36-16-17-37-52)39-26-30-44(31-27-39)53(41-18-8-5-9-19-41)42-20-10-6-11-21-42/h5-15,18-35,38H,3-4,16-17,36-37H2,1-2H3. The fourth-order valence-corrected chi connectivity index (χ4v) is 9.81. The van der Waals surface area contributed by atoms with Crippen molar-refractivity contribution < 1.29 is 0 Å². The summed E-state index contributed by atoms with van der Waals surface area (Å²) in [6, 6.07) is 67.4. The van der Waals surface area contributed by atoms with E-state index in [1.807, 2.05) is 0 Å². The molecule has 0 amide bonds. The number of fused-ring (bicyclic) bond motifs is 3. The Morgan fingerprint density at radius 2 is 0.778 bits per heavy atom. The van der Waals surface area contributed by atoms with Crippen LogP contribution >= 0.6 is 0 Å². The van der Waals surface area contributed by atoms with Gasteiger partial charge >= 0.3 is 0 Å². The number of para-hydroxylation sites is 3. The van der Waals surface area contributed by atoms with Gasteiger partial charge in [0.05, 0.1) is 0 Å². The summed E-state index contributed by atoms with van der Waals surface area (Å²) in [6.07, 6.45) is 7.01. The number of hydrogen-bond acceptors (Lipinski definition) is 2. The van der Waals surface area contributed by atoms with E-state index < -0.39 is 0 Å². The molecule has 0 radical (unpaired) electrons. The first-order valence-corrected chi connectivity index (χ1v) is 19.9. The molecule has 1 saturated carbocycles. The van der Waals surface area contributed by atoms with Crippen LogP contribution in [-0.2, 0) is 10.8 Å². The zero-order valence-electron chi connectivity index (χ0n) is 31.5. The molecule has 0 spiro atoms. The molecule has 2 nitrogen and oxygen atoms in total. The van der Waals surface area contributed by atoms with Crippen molar-refractivity contribution in [3.8, 4) is 11.1 Å². The molecular weight excluding hydrogens is 653 g/mol. The number of rotatable bonds is 10. The van der Waals surface area contributed by atoms with Crippen LogP contribution < -0.4 is 9.80 Å². The fourth-order valence-electron chi connectivity index (χ4n) is 9.81. The molecule has 2 heteroatoms. The highest BCUT2D eigenvalue weighted by Gasteiger charge is 2.41. The van der Waals surface area contributed by atoms with Crippen molar-refractivity contribution in [2.24, 2.45) is 0 Å². The summed E-state index contributed by atoms with van der Waals surface area (Å²) < 4.78 is 0. The second kappa shape index (κ2) is 14.2. The van der Waals surface area contributed by atoms with Crippen LogP contribution in [-0.4, -0.2) is 0 Å². The maximum absolute atomic E-state index is 2.44. The number of nitrogens with zero attached hydrogens (tertiary/aromatic N) is 2. The first-order chi connectivity index (χ1) is 26.6. The summed E-state index contributed by atoms with van der Waals surface area (Å²) in [5.41, 5.74) is 15.6. The van der Waals surface area contributed by atoms with Gasteiger partial charge in [0.2, 0.25) is 0 Å². The van der Waals surface area contributed by atoms with Crippen molar-refractivity contribution >= 4 is 34.1 Å². The van der Waals surface area contributed by atoms with Crippen LogP contribution in [0.2, 0.25) is 0 Å². The Morgan fingerprint density at radius 1 is 0.389 bits per heavy atom. The lowest BCUT2D eigenvalue weighted by Crippen LogP contribution is -2.24. The maximum Gasteiger partial charge on any atom is 0.0468 e. The van der Waals surface area contributed by atoms with Crippen molar-refractivity contribution in [2.45, 2.75) is 63.2 Å². The third-order valence-electron chi connectivity index (χ3n) is 12.6. The molecule has 0 unspecified atom stereocenters. The van der Waals surface area contributed by atoms with Gasteiger partial charge in [-0.15, -0.1) is 0 Å². The van der Waals surface area contributed by atoms with E-state index in [9.17, 15) is 0 Å². The molecule has 0 atom stereocenters.